The summed E-state index contributed by atoms with van der Waals surface area (Å²) in [5, 5.41) is 11.9. The standard InChI is InChI=1S/C72H104N10O10/c1-15-48(8)63-66(86)76-57(69(89)81-37-23-18-24-38-81)43-53-32-34-54(35-33-53)49(9)31-36-61(83)74-55(40-45(2)3)70(90)82-39-25-30-58(82)71(91)79(13)62(47(6)7)65(85)75-56(42-51-26-19-16-20-27-51)68(88)78(12)60(44-52-28-21-17-22-29-52)72(92)77(11)59(41-46(4)5)64(84)73-50(10)67(87)80(63)14/h16-17,19-22,26-29,32-35,45-48,50,55-60,62-63H,9,15,18,23-25,30-31,36-44H2,1-8,10-14H3,(H,73,84)(H,74,83)(H,75,85)(H,76,86)/t48-,50-,55-,56-,57-,58-,59-,60-,62-,63-/m0/s1. The fourth-order valence-electron chi connectivity index (χ4n) is 13.1. The maximum Gasteiger partial charge on any atom is 0.246 e. The molecule has 2 saturated heterocycles. The van der Waals surface area contributed by atoms with Gasteiger partial charge in [0, 0.05) is 73.5 Å². The Kier molecular flexibility index (Phi) is 27.1. The number of allylic oxidation sites excluding steroid dienone is 1. The van der Waals surface area contributed by atoms with Crippen LogP contribution in [0.5, 0.6) is 0 Å². The van der Waals surface area contributed by atoms with Crippen molar-refractivity contribution in [1.29, 1.82) is 0 Å². The number of carbonyl (C=O) groups excluding carboxylic acids is 10. The first-order valence-electron chi connectivity index (χ1n) is 33.3. The van der Waals surface area contributed by atoms with E-state index in [1.807, 2.05) is 126 Å². The molecular weight excluding hydrogens is 1160 g/mol. The van der Waals surface area contributed by atoms with Crippen LogP contribution >= 0.6 is 0 Å². The highest BCUT2D eigenvalue weighted by Gasteiger charge is 2.45. The topological polar surface area (TPSA) is 238 Å². The zero-order valence-electron chi connectivity index (χ0n) is 56.9. The molecule has 0 aromatic heterocycles. The van der Waals surface area contributed by atoms with Gasteiger partial charge in [0.2, 0.25) is 59.1 Å². The van der Waals surface area contributed by atoms with Gasteiger partial charge in [-0.3, -0.25) is 47.9 Å². The normalized spacial score (nSPS) is 25.4. The molecule has 502 valence electrons. The second-order valence-electron chi connectivity index (χ2n) is 27.0. The van der Waals surface area contributed by atoms with E-state index in [1.54, 1.807) is 18.7 Å². The molecule has 0 unspecified atom stereocenters. The monoisotopic (exact) mass is 1270 g/mol. The predicted octanol–water partition coefficient (Wildman–Crippen LogP) is 6.59. The van der Waals surface area contributed by atoms with Crippen molar-refractivity contribution < 1.29 is 47.9 Å². The fraction of sp³-hybridized carbons (Fsp3) is 0.583. The zero-order chi connectivity index (χ0) is 67.7. The third-order valence-corrected chi connectivity index (χ3v) is 18.6. The molecule has 10 atom stereocenters. The minimum Gasteiger partial charge on any atom is -0.344 e. The number of hydrogen-bond acceptors (Lipinski definition) is 10. The average Bonchev–Trinajstić information content (AvgIpc) is 1.49. The molecule has 0 spiro atoms. The van der Waals surface area contributed by atoms with E-state index in [9.17, 15) is 33.6 Å². The number of nitrogens with zero attached hydrogens (tertiary/aromatic N) is 6. The van der Waals surface area contributed by atoms with Crippen LogP contribution in [0.15, 0.2) is 91.5 Å². The van der Waals surface area contributed by atoms with Crippen molar-refractivity contribution in [2.45, 2.75) is 200 Å². The van der Waals surface area contributed by atoms with Gasteiger partial charge >= 0.3 is 0 Å². The number of nitrogens with one attached hydrogen (secondary N) is 4. The van der Waals surface area contributed by atoms with Crippen molar-refractivity contribution in [2.24, 2.45) is 23.7 Å². The Bertz CT molecular complexity index is 3040. The second-order valence-corrected chi connectivity index (χ2v) is 27.0. The first kappa shape index (κ1) is 73.2. The van der Waals surface area contributed by atoms with E-state index in [2.05, 4.69) is 27.8 Å². The molecular formula is C72H104N10O10. The van der Waals surface area contributed by atoms with Gasteiger partial charge in [0.05, 0.1) is 0 Å². The van der Waals surface area contributed by atoms with E-state index >= 15 is 14.4 Å². The van der Waals surface area contributed by atoms with Gasteiger partial charge in [0.15, 0.2) is 0 Å². The molecule has 20 heteroatoms. The largest absolute Gasteiger partial charge is 0.344 e. The molecule has 4 aliphatic heterocycles. The molecule has 7 rings (SSSR count). The molecule has 92 heavy (non-hydrogen) atoms. The average molecular weight is 1270 g/mol. The number of rotatable bonds is 12. The number of fused-ring (bicyclic) bond motifs is 29. The molecule has 0 saturated carbocycles. The van der Waals surface area contributed by atoms with E-state index < -0.39 is 113 Å². The van der Waals surface area contributed by atoms with Crippen LogP contribution < -0.4 is 21.3 Å². The summed E-state index contributed by atoms with van der Waals surface area (Å²) in [6.45, 7) is 22.2. The lowest BCUT2D eigenvalue weighted by atomic mass is 9.94. The number of likely N-dealkylation sites (N-methyl/N-ethyl adjacent to an activating group) is 4. The lowest BCUT2D eigenvalue weighted by molar-refractivity contribution is -0.151. The summed E-state index contributed by atoms with van der Waals surface area (Å²) in [5.74, 6) is -6.08. The highest BCUT2D eigenvalue weighted by molar-refractivity contribution is 5.99. The van der Waals surface area contributed by atoms with Crippen LogP contribution in [-0.4, -0.2) is 191 Å². The van der Waals surface area contributed by atoms with Crippen LogP contribution in [0.1, 0.15) is 149 Å². The summed E-state index contributed by atoms with van der Waals surface area (Å²) < 4.78 is 0. The van der Waals surface area contributed by atoms with Crippen molar-refractivity contribution in [3.8, 4) is 0 Å². The first-order valence-corrected chi connectivity index (χ1v) is 33.3. The van der Waals surface area contributed by atoms with Crippen molar-refractivity contribution in [3.63, 3.8) is 0 Å². The Morgan fingerprint density at radius 2 is 1.11 bits per heavy atom. The van der Waals surface area contributed by atoms with Crippen LogP contribution in [0.25, 0.3) is 5.57 Å². The minimum atomic E-state index is -1.27. The molecule has 3 aromatic rings. The van der Waals surface area contributed by atoms with E-state index in [0.717, 1.165) is 30.4 Å². The van der Waals surface area contributed by atoms with Gasteiger partial charge in [-0.1, -0.05) is 153 Å². The number of carbonyl (C=O) groups is 10. The molecule has 20 nitrogen and oxygen atoms in total. The van der Waals surface area contributed by atoms with Crippen LogP contribution in [-0.2, 0) is 67.2 Å². The summed E-state index contributed by atoms with van der Waals surface area (Å²) in [4.78, 5) is 157. The van der Waals surface area contributed by atoms with Gasteiger partial charge < -0.3 is 50.7 Å². The maximum atomic E-state index is 15.5. The molecule has 0 radical (unpaired) electrons. The van der Waals surface area contributed by atoms with Gasteiger partial charge in [-0.25, -0.2) is 0 Å². The van der Waals surface area contributed by atoms with Crippen molar-refractivity contribution in [2.75, 3.05) is 47.8 Å². The lowest BCUT2D eigenvalue weighted by Crippen LogP contribution is -2.62. The van der Waals surface area contributed by atoms with Gasteiger partial charge in [0.25, 0.3) is 0 Å². The van der Waals surface area contributed by atoms with Gasteiger partial charge in [-0.2, -0.15) is 0 Å². The number of benzene rings is 3. The van der Waals surface area contributed by atoms with E-state index in [1.165, 1.54) is 59.6 Å². The third kappa shape index (κ3) is 19.3. The minimum absolute atomic E-state index is 0.00491. The lowest BCUT2D eigenvalue weighted by Gasteiger charge is -2.38. The molecule has 0 aliphatic carbocycles. The summed E-state index contributed by atoms with van der Waals surface area (Å²) in [6.07, 6.45) is 4.86. The summed E-state index contributed by atoms with van der Waals surface area (Å²) >= 11 is 0. The highest BCUT2D eigenvalue weighted by Crippen LogP contribution is 2.27. The van der Waals surface area contributed by atoms with E-state index in [4.69, 9.17) is 0 Å². The maximum absolute atomic E-state index is 15.5. The molecule has 10 amide bonds. The Morgan fingerprint density at radius 1 is 0.543 bits per heavy atom. The number of piperidine rings is 1. The smallest absolute Gasteiger partial charge is 0.246 e. The van der Waals surface area contributed by atoms with Gasteiger partial charge in [0.1, 0.15) is 54.4 Å². The third-order valence-electron chi connectivity index (χ3n) is 18.6. The first-order chi connectivity index (χ1) is 43.6. The molecule has 4 heterocycles. The van der Waals surface area contributed by atoms with Gasteiger partial charge in [-0.15, -0.1) is 0 Å². The quantitative estimate of drug-likeness (QED) is 0.142. The van der Waals surface area contributed by atoms with E-state index in [-0.39, 0.29) is 68.7 Å². The highest BCUT2D eigenvalue weighted by atomic mass is 16.2. The molecule has 4 aliphatic rings. The number of hydrogen-bond donors (Lipinski definition) is 4. The Hall–Kier alpha value is -7.90. The van der Waals surface area contributed by atoms with Crippen LogP contribution in [0.4, 0.5) is 0 Å². The second kappa shape index (κ2) is 34.1. The molecule has 2 bridgehead atoms. The van der Waals surface area contributed by atoms with Gasteiger partial charge in [-0.05, 0) is 110 Å². The van der Waals surface area contributed by atoms with Crippen molar-refractivity contribution >= 4 is 64.6 Å². The zero-order valence-corrected chi connectivity index (χ0v) is 56.9. The summed E-state index contributed by atoms with van der Waals surface area (Å²) in [5.41, 5.74) is 3.59. The summed E-state index contributed by atoms with van der Waals surface area (Å²) in [6, 6.07) is 15.8. The van der Waals surface area contributed by atoms with Crippen LogP contribution in [0, 0.1) is 23.7 Å². The van der Waals surface area contributed by atoms with Crippen LogP contribution in [0.3, 0.4) is 0 Å². The molecule has 4 N–H and O–H groups in total. The Labute approximate surface area is 546 Å². The van der Waals surface area contributed by atoms with Crippen molar-refractivity contribution in [1.82, 2.24) is 50.7 Å². The predicted molar refractivity (Wildman–Crippen MR) is 357 cm³/mol. The Balaban J connectivity index is 1.42. The number of amides is 10. The molecule has 2 fully saturated rings. The van der Waals surface area contributed by atoms with Crippen LogP contribution in [0.2, 0.25) is 0 Å². The van der Waals surface area contributed by atoms with Crippen molar-refractivity contribution in [3.05, 3.63) is 114 Å². The SMILES string of the molecule is C=C1CCC(=O)N[C@@H](CC(C)C)C(=O)N2CCC[C@H]2C(=O)N(C)[C@@H](C(C)C)C(=O)N[C@@H](Cc2ccccc2)C(=O)N(C)[C@@H](Cc2ccccc2)C(=O)N(C)[C@@H](CC(C)C)C(=O)N[C@@H](C)C(=O)N(C)[C@@H]([C@@H](C)CC)C(=O)N[C@H](C(=O)N2CCCCC2)Cc2ccc1cc2. The number of likely N-dealkylation sites (tertiary alicyclic amines) is 1. The fourth-order valence-corrected chi connectivity index (χ4v) is 13.1. The summed E-state index contributed by atoms with van der Waals surface area (Å²) in [7, 11) is 6.03. The van der Waals surface area contributed by atoms with E-state index in [0.29, 0.717) is 55.5 Å². The Morgan fingerprint density at radius 3 is 1.68 bits per heavy atom. The molecule has 3 aromatic carbocycles.